The summed E-state index contributed by atoms with van der Waals surface area (Å²) >= 11 is 0. The molecule has 0 N–H and O–H groups in total. The molecule has 0 aliphatic heterocycles. The molecule has 0 spiro atoms. The molecule has 0 unspecified atom stereocenters. The lowest BCUT2D eigenvalue weighted by Crippen LogP contribution is -2.22. The summed E-state index contributed by atoms with van der Waals surface area (Å²) in [6, 6.07) is 1.74. The lowest BCUT2D eigenvalue weighted by molar-refractivity contribution is 0.0408. The molecule has 2 aromatic rings. The largest absolute Gasteiger partial charge is 0.457 e. The van der Waals surface area contributed by atoms with E-state index in [0.717, 1.165) is 42.6 Å². The number of aryl methyl sites for hydroxylation is 2. The molecule has 0 saturated carbocycles. The summed E-state index contributed by atoms with van der Waals surface area (Å²) in [5.74, 6) is -0.239. The quantitative estimate of drug-likeness (QED) is 0.812. The average Bonchev–Trinajstić information content (AvgIpc) is 2.97. The van der Waals surface area contributed by atoms with E-state index in [1.165, 1.54) is 11.0 Å². The smallest absolute Gasteiger partial charge is 0.399 e. The third-order valence-electron chi connectivity index (χ3n) is 3.22. The number of fused-ring (bicyclic) bond motifs is 1. The van der Waals surface area contributed by atoms with Crippen LogP contribution in [0.25, 0.3) is 0 Å². The Morgan fingerprint density at radius 2 is 2.28 bits per heavy atom. The highest BCUT2D eigenvalue weighted by molar-refractivity contribution is 5.88. The van der Waals surface area contributed by atoms with Gasteiger partial charge in [0.15, 0.2) is 0 Å². The van der Waals surface area contributed by atoms with Gasteiger partial charge in [0.2, 0.25) is 5.76 Å². The first-order valence-electron chi connectivity index (χ1n) is 6.07. The molecule has 1 aliphatic rings. The number of imidazole rings is 1. The molecule has 18 heavy (non-hydrogen) atoms. The van der Waals surface area contributed by atoms with Gasteiger partial charge in [-0.05, 0) is 38.7 Å². The van der Waals surface area contributed by atoms with Crippen LogP contribution in [-0.4, -0.2) is 15.7 Å². The number of rotatable bonds is 2. The average molecular weight is 246 g/mol. The first-order valence-corrected chi connectivity index (χ1v) is 6.07. The molecule has 0 bridgehead atoms. The molecule has 0 aromatic carbocycles. The molecule has 0 radical (unpaired) electrons. The summed E-state index contributed by atoms with van der Waals surface area (Å²) in [6.45, 7) is 1.81. The predicted octanol–water partition coefficient (Wildman–Crippen LogP) is 1.93. The Labute approximate surface area is 104 Å². The molecule has 94 valence electrons. The van der Waals surface area contributed by atoms with Crippen molar-refractivity contribution in [2.75, 3.05) is 0 Å². The highest BCUT2D eigenvalue weighted by Gasteiger charge is 2.20. The van der Waals surface area contributed by atoms with Crippen LogP contribution in [0.5, 0.6) is 0 Å². The lowest BCUT2D eigenvalue weighted by Gasteiger charge is -2.12. The summed E-state index contributed by atoms with van der Waals surface area (Å²) < 4.78 is 6.58. The summed E-state index contributed by atoms with van der Waals surface area (Å²) in [7, 11) is 0. The highest BCUT2D eigenvalue weighted by Crippen LogP contribution is 2.19. The van der Waals surface area contributed by atoms with Gasteiger partial charge in [-0.25, -0.2) is 9.78 Å². The molecular formula is C13H14N2O3. The zero-order valence-corrected chi connectivity index (χ0v) is 10.2. The summed E-state index contributed by atoms with van der Waals surface area (Å²) in [4.78, 5) is 21.5. The fourth-order valence-corrected chi connectivity index (χ4v) is 2.23. The maximum Gasteiger partial charge on any atom is 0.399 e. The van der Waals surface area contributed by atoms with Gasteiger partial charge < -0.3 is 9.25 Å². The molecule has 0 atom stereocenters. The molecule has 0 saturated heterocycles. The summed E-state index contributed by atoms with van der Waals surface area (Å²) in [5, 5.41) is 0. The topological polar surface area (TPSA) is 57.3 Å². The van der Waals surface area contributed by atoms with E-state index in [0.29, 0.717) is 0 Å². The van der Waals surface area contributed by atoms with Crippen molar-refractivity contribution in [2.45, 2.75) is 32.6 Å². The van der Waals surface area contributed by atoms with Crippen molar-refractivity contribution in [3.8, 4) is 0 Å². The molecule has 5 nitrogen and oxygen atoms in total. The van der Waals surface area contributed by atoms with E-state index in [2.05, 4.69) is 4.98 Å². The van der Waals surface area contributed by atoms with E-state index in [-0.39, 0.29) is 5.76 Å². The van der Waals surface area contributed by atoms with Gasteiger partial charge in [0.1, 0.15) is 6.33 Å². The van der Waals surface area contributed by atoms with Crippen LogP contribution >= 0.6 is 0 Å². The summed E-state index contributed by atoms with van der Waals surface area (Å²) in [6.07, 6.45) is 7.16. The predicted molar refractivity (Wildman–Crippen MR) is 63.2 cm³/mol. The normalized spacial score (nSPS) is 14.3. The van der Waals surface area contributed by atoms with Gasteiger partial charge in [-0.1, -0.05) is 0 Å². The number of furan rings is 1. The van der Waals surface area contributed by atoms with Crippen molar-refractivity contribution in [3.63, 3.8) is 0 Å². The van der Waals surface area contributed by atoms with Gasteiger partial charge in [-0.15, -0.1) is 0 Å². The number of hydrogen-bond donors (Lipinski definition) is 0. The Hall–Kier alpha value is -2.04. The molecule has 0 amide bonds. The van der Waals surface area contributed by atoms with E-state index in [1.807, 2.05) is 6.92 Å². The molecule has 5 heteroatoms. The monoisotopic (exact) mass is 246 g/mol. The van der Waals surface area contributed by atoms with Crippen LogP contribution in [0.15, 0.2) is 23.1 Å². The standard InChI is InChI=1S/C13H14N2O3/c1-9-6-7-17-12(9)13(16)18-15-8-14-10-4-2-3-5-11(10)15/h6-8H,2-5H2,1H3. The van der Waals surface area contributed by atoms with Crippen LogP contribution in [0, 0.1) is 6.92 Å². The maximum absolute atomic E-state index is 11.9. The van der Waals surface area contributed by atoms with Crippen LogP contribution in [0.1, 0.15) is 40.3 Å². The SMILES string of the molecule is Cc1ccoc1C(=O)On1cnc2c1CCCC2. The molecule has 0 fully saturated rings. The molecule has 2 aromatic heterocycles. The summed E-state index contributed by atoms with van der Waals surface area (Å²) in [5.41, 5.74) is 2.80. The first kappa shape index (κ1) is 11.1. The van der Waals surface area contributed by atoms with Gasteiger partial charge in [-0.3, -0.25) is 0 Å². The Balaban J connectivity index is 1.83. The van der Waals surface area contributed by atoms with E-state index >= 15 is 0 Å². The minimum absolute atomic E-state index is 0.244. The van der Waals surface area contributed by atoms with E-state index in [1.54, 1.807) is 12.4 Å². The number of hydrogen-bond acceptors (Lipinski definition) is 4. The van der Waals surface area contributed by atoms with Crippen molar-refractivity contribution in [2.24, 2.45) is 0 Å². The van der Waals surface area contributed by atoms with E-state index < -0.39 is 5.97 Å². The van der Waals surface area contributed by atoms with Gasteiger partial charge in [-0.2, -0.15) is 4.73 Å². The Morgan fingerprint density at radius 1 is 1.44 bits per heavy atom. The van der Waals surface area contributed by atoms with Crippen LogP contribution in [0.2, 0.25) is 0 Å². The lowest BCUT2D eigenvalue weighted by atomic mass is 10.0. The number of nitrogens with zero attached hydrogens (tertiary/aromatic N) is 2. The van der Waals surface area contributed by atoms with Crippen molar-refractivity contribution < 1.29 is 14.0 Å². The second-order valence-electron chi connectivity index (χ2n) is 4.48. The van der Waals surface area contributed by atoms with Crippen LogP contribution in [0.3, 0.4) is 0 Å². The number of aromatic nitrogens is 2. The van der Waals surface area contributed by atoms with E-state index in [9.17, 15) is 4.79 Å². The third-order valence-corrected chi connectivity index (χ3v) is 3.22. The minimum atomic E-state index is -0.483. The molecule has 3 rings (SSSR count). The third kappa shape index (κ3) is 1.81. The van der Waals surface area contributed by atoms with Crippen LogP contribution in [-0.2, 0) is 12.8 Å². The van der Waals surface area contributed by atoms with E-state index in [4.69, 9.17) is 9.25 Å². The zero-order chi connectivity index (χ0) is 12.5. The minimum Gasteiger partial charge on any atom is -0.457 e. The molecule has 2 heterocycles. The van der Waals surface area contributed by atoms with Gasteiger partial charge >= 0.3 is 5.97 Å². The second kappa shape index (κ2) is 4.33. The number of carbonyl (C=O) groups is 1. The van der Waals surface area contributed by atoms with Crippen LogP contribution in [0.4, 0.5) is 0 Å². The maximum atomic E-state index is 11.9. The van der Waals surface area contributed by atoms with Crippen molar-refractivity contribution in [3.05, 3.63) is 41.4 Å². The van der Waals surface area contributed by atoms with Crippen molar-refractivity contribution in [1.82, 2.24) is 9.71 Å². The fraction of sp³-hybridized carbons (Fsp3) is 0.385. The fourth-order valence-electron chi connectivity index (χ4n) is 2.23. The van der Waals surface area contributed by atoms with Crippen molar-refractivity contribution >= 4 is 5.97 Å². The second-order valence-corrected chi connectivity index (χ2v) is 4.48. The van der Waals surface area contributed by atoms with Crippen LogP contribution < -0.4 is 4.84 Å². The molecular weight excluding hydrogens is 232 g/mol. The Morgan fingerprint density at radius 3 is 3.06 bits per heavy atom. The highest BCUT2D eigenvalue weighted by atomic mass is 16.7. The zero-order valence-electron chi connectivity index (χ0n) is 10.2. The Bertz CT molecular complexity index is 583. The van der Waals surface area contributed by atoms with Gasteiger partial charge in [0.05, 0.1) is 17.7 Å². The number of carbonyl (C=O) groups excluding carboxylic acids is 1. The molecule has 1 aliphatic carbocycles. The van der Waals surface area contributed by atoms with Gasteiger partial charge in [0.25, 0.3) is 0 Å². The Kier molecular flexibility index (Phi) is 2.66. The van der Waals surface area contributed by atoms with Gasteiger partial charge in [0, 0.05) is 5.56 Å². The first-order chi connectivity index (χ1) is 8.75. The van der Waals surface area contributed by atoms with Crippen molar-refractivity contribution in [1.29, 1.82) is 0 Å².